The van der Waals surface area contributed by atoms with Crippen molar-refractivity contribution in [2.24, 2.45) is 0 Å². The van der Waals surface area contributed by atoms with Gasteiger partial charge in [-0.05, 0) is 24.1 Å². The lowest BCUT2D eigenvalue weighted by molar-refractivity contribution is 0.141. The molecule has 0 amide bonds. The molecule has 1 aliphatic heterocycles. The minimum atomic E-state index is 0.160. The number of ether oxygens (including phenoxy) is 2. The predicted octanol–water partition coefficient (Wildman–Crippen LogP) is 4.42. The van der Waals surface area contributed by atoms with E-state index in [0.717, 1.165) is 25.2 Å². The highest BCUT2D eigenvalue weighted by Gasteiger charge is 2.39. The van der Waals surface area contributed by atoms with Gasteiger partial charge in [-0.1, -0.05) is 61.9 Å². The van der Waals surface area contributed by atoms with E-state index in [9.17, 15) is 0 Å². The van der Waals surface area contributed by atoms with Gasteiger partial charge >= 0.3 is 0 Å². The van der Waals surface area contributed by atoms with Gasteiger partial charge in [-0.25, -0.2) is 0 Å². The summed E-state index contributed by atoms with van der Waals surface area (Å²) in [6, 6.07) is 20.7. The number of benzene rings is 2. The zero-order chi connectivity index (χ0) is 14.5. The summed E-state index contributed by atoms with van der Waals surface area (Å²) in [4.78, 5) is 0. The second-order valence-corrected chi connectivity index (χ2v) is 5.57. The maximum Gasteiger partial charge on any atom is 0.119 e. The molecule has 0 radical (unpaired) electrons. The van der Waals surface area contributed by atoms with Crippen LogP contribution in [0.4, 0.5) is 0 Å². The molecule has 0 N–H and O–H groups in total. The molecular formula is C19H22O2. The zero-order valence-corrected chi connectivity index (χ0v) is 12.4. The maximum atomic E-state index is 6.29. The maximum absolute atomic E-state index is 6.29. The van der Waals surface area contributed by atoms with Crippen LogP contribution in [0.5, 0.6) is 5.75 Å². The highest BCUT2D eigenvalue weighted by atomic mass is 16.6. The summed E-state index contributed by atoms with van der Waals surface area (Å²) in [5, 5.41) is 0. The molecule has 2 heteroatoms. The van der Waals surface area contributed by atoms with E-state index in [1.165, 1.54) is 5.56 Å². The molecule has 1 fully saturated rings. The third kappa shape index (κ3) is 3.64. The molecule has 0 bridgehead atoms. The Morgan fingerprint density at radius 2 is 1.67 bits per heavy atom. The monoisotopic (exact) mass is 282 g/mol. The van der Waals surface area contributed by atoms with Gasteiger partial charge in [-0.15, -0.1) is 0 Å². The molecule has 3 atom stereocenters. The first-order valence-corrected chi connectivity index (χ1v) is 7.76. The van der Waals surface area contributed by atoms with Crippen molar-refractivity contribution >= 4 is 0 Å². The molecule has 21 heavy (non-hydrogen) atoms. The SMILES string of the molecule is CCCC(Oc1ccccc1)C(c1ccccc1)C1CO1. The molecule has 0 saturated carbocycles. The zero-order valence-electron chi connectivity index (χ0n) is 12.4. The first-order chi connectivity index (χ1) is 10.4. The van der Waals surface area contributed by atoms with Crippen LogP contribution in [0.25, 0.3) is 0 Å². The Hall–Kier alpha value is -1.80. The third-order valence-electron chi connectivity index (χ3n) is 3.95. The summed E-state index contributed by atoms with van der Waals surface area (Å²) in [6.07, 6.45) is 2.60. The summed E-state index contributed by atoms with van der Waals surface area (Å²) in [5.41, 5.74) is 1.31. The van der Waals surface area contributed by atoms with E-state index in [1.54, 1.807) is 0 Å². The average Bonchev–Trinajstić information content (AvgIpc) is 3.35. The van der Waals surface area contributed by atoms with E-state index in [4.69, 9.17) is 9.47 Å². The van der Waals surface area contributed by atoms with Gasteiger partial charge in [0.25, 0.3) is 0 Å². The Morgan fingerprint density at radius 3 is 2.24 bits per heavy atom. The Morgan fingerprint density at radius 1 is 1.05 bits per heavy atom. The quantitative estimate of drug-likeness (QED) is 0.701. The second-order valence-electron chi connectivity index (χ2n) is 5.57. The van der Waals surface area contributed by atoms with Crippen LogP contribution in [0, 0.1) is 0 Å². The smallest absolute Gasteiger partial charge is 0.119 e. The lowest BCUT2D eigenvalue weighted by Gasteiger charge is -2.27. The average molecular weight is 282 g/mol. The molecule has 3 unspecified atom stereocenters. The molecule has 2 aromatic rings. The standard InChI is InChI=1S/C19H22O2/c1-2-9-17(21-16-12-7-4-8-13-16)19(18-14-20-18)15-10-5-3-6-11-15/h3-8,10-13,17-19H,2,9,14H2,1H3. The summed E-state index contributed by atoms with van der Waals surface area (Å²) in [5.74, 6) is 1.25. The minimum Gasteiger partial charge on any atom is -0.490 e. The molecule has 1 saturated heterocycles. The highest BCUT2D eigenvalue weighted by molar-refractivity contribution is 5.26. The number of hydrogen-bond donors (Lipinski definition) is 0. The number of para-hydroxylation sites is 1. The lowest BCUT2D eigenvalue weighted by Crippen LogP contribution is -2.29. The Bertz CT molecular complexity index is 534. The van der Waals surface area contributed by atoms with Gasteiger partial charge in [-0.2, -0.15) is 0 Å². The van der Waals surface area contributed by atoms with E-state index in [1.807, 2.05) is 30.3 Å². The van der Waals surface area contributed by atoms with Crippen molar-refractivity contribution in [3.05, 3.63) is 66.2 Å². The number of epoxide rings is 1. The molecule has 0 aliphatic carbocycles. The van der Waals surface area contributed by atoms with E-state index < -0.39 is 0 Å². The van der Waals surface area contributed by atoms with Gasteiger partial charge in [0.15, 0.2) is 0 Å². The van der Waals surface area contributed by atoms with Crippen LogP contribution in [-0.4, -0.2) is 18.8 Å². The highest BCUT2D eigenvalue weighted by Crippen LogP contribution is 2.36. The molecule has 2 nitrogen and oxygen atoms in total. The first-order valence-electron chi connectivity index (χ1n) is 7.76. The first kappa shape index (κ1) is 14.2. The van der Waals surface area contributed by atoms with Gasteiger partial charge in [0, 0.05) is 5.92 Å². The molecule has 1 heterocycles. The van der Waals surface area contributed by atoms with Crippen LogP contribution in [-0.2, 0) is 4.74 Å². The van der Waals surface area contributed by atoms with Crippen molar-refractivity contribution in [3.63, 3.8) is 0 Å². The van der Waals surface area contributed by atoms with Gasteiger partial charge in [0.1, 0.15) is 11.9 Å². The van der Waals surface area contributed by atoms with Crippen molar-refractivity contribution in [1.82, 2.24) is 0 Å². The molecule has 3 rings (SSSR count). The van der Waals surface area contributed by atoms with Crippen LogP contribution in [0.2, 0.25) is 0 Å². The fraction of sp³-hybridized carbons (Fsp3) is 0.368. The molecule has 110 valence electrons. The summed E-state index contributed by atoms with van der Waals surface area (Å²) in [7, 11) is 0. The molecule has 2 aromatic carbocycles. The molecular weight excluding hydrogens is 260 g/mol. The summed E-state index contributed by atoms with van der Waals surface area (Å²) >= 11 is 0. The van der Waals surface area contributed by atoms with Crippen molar-refractivity contribution in [2.75, 3.05) is 6.61 Å². The Balaban J connectivity index is 1.83. The van der Waals surface area contributed by atoms with Crippen LogP contribution >= 0.6 is 0 Å². The van der Waals surface area contributed by atoms with Gasteiger partial charge < -0.3 is 9.47 Å². The summed E-state index contributed by atoms with van der Waals surface area (Å²) in [6.45, 7) is 3.05. The number of rotatable bonds is 7. The van der Waals surface area contributed by atoms with Crippen LogP contribution in [0.1, 0.15) is 31.2 Å². The Labute approximate surface area is 126 Å². The van der Waals surface area contributed by atoms with Crippen molar-refractivity contribution in [2.45, 2.75) is 37.9 Å². The lowest BCUT2D eigenvalue weighted by atomic mass is 9.88. The Kier molecular flexibility index (Phi) is 4.56. The van der Waals surface area contributed by atoms with Gasteiger partial charge in [0.05, 0.1) is 12.7 Å². The third-order valence-corrected chi connectivity index (χ3v) is 3.95. The van der Waals surface area contributed by atoms with Crippen molar-refractivity contribution in [1.29, 1.82) is 0 Å². The van der Waals surface area contributed by atoms with Crippen molar-refractivity contribution in [3.8, 4) is 5.75 Å². The van der Waals surface area contributed by atoms with Crippen molar-refractivity contribution < 1.29 is 9.47 Å². The van der Waals surface area contributed by atoms with E-state index in [0.29, 0.717) is 12.0 Å². The van der Waals surface area contributed by atoms with E-state index in [2.05, 4.69) is 37.3 Å². The predicted molar refractivity (Wildman–Crippen MR) is 84.7 cm³/mol. The van der Waals surface area contributed by atoms with Gasteiger partial charge in [0.2, 0.25) is 0 Å². The summed E-state index contributed by atoms with van der Waals surface area (Å²) < 4.78 is 11.9. The van der Waals surface area contributed by atoms with E-state index >= 15 is 0 Å². The molecule has 0 aromatic heterocycles. The van der Waals surface area contributed by atoms with Crippen LogP contribution in [0.3, 0.4) is 0 Å². The topological polar surface area (TPSA) is 21.8 Å². The minimum absolute atomic E-state index is 0.160. The molecule has 1 aliphatic rings. The van der Waals surface area contributed by atoms with Gasteiger partial charge in [-0.3, -0.25) is 0 Å². The second kappa shape index (κ2) is 6.77. The van der Waals surface area contributed by atoms with Crippen LogP contribution < -0.4 is 4.74 Å². The normalized spacial score (nSPS) is 19.8. The van der Waals surface area contributed by atoms with Crippen LogP contribution in [0.15, 0.2) is 60.7 Å². The molecule has 0 spiro atoms. The van der Waals surface area contributed by atoms with E-state index in [-0.39, 0.29) is 6.10 Å². The number of hydrogen-bond acceptors (Lipinski definition) is 2. The fourth-order valence-corrected chi connectivity index (χ4v) is 2.88. The fourth-order valence-electron chi connectivity index (χ4n) is 2.88. The largest absolute Gasteiger partial charge is 0.490 e.